The van der Waals surface area contributed by atoms with Gasteiger partial charge in [-0.05, 0) is 46.5 Å². The van der Waals surface area contributed by atoms with Crippen molar-refractivity contribution in [3.05, 3.63) is 64.0 Å². The van der Waals surface area contributed by atoms with Crippen molar-refractivity contribution in [3.8, 4) is 0 Å². The van der Waals surface area contributed by atoms with Crippen LogP contribution in [0, 0.1) is 6.92 Å². The fourth-order valence-electron chi connectivity index (χ4n) is 2.28. The summed E-state index contributed by atoms with van der Waals surface area (Å²) in [5.41, 5.74) is 7.45. The van der Waals surface area contributed by atoms with Crippen LogP contribution in [0.3, 0.4) is 0 Å². The maximum atomic E-state index is 5.74. The van der Waals surface area contributed by atoms with Gasteiger partial charge in [-0.15, -0.1) is 0 Å². The lowest BCUT2D eigenvalue weighted by molar-refractivity contribution is 0.634. The highest BCUT2D eigenvalue weighted by Crippen LogP contribution is 2.28. The van der Waals surface area contributed by atoms with Crippen molar-refractivity contribution in [2.45, 2.75) is 13.0 Å². The van der Waals surface area contributed by atoms with Crippen molar-refractivity contribution < 1.29 is 0 Å². The number of benzene rings is 1. The number of nitrogens with one attached hydrogen (secondary N) is 1. The lowest BCUT2D eigenvalue weighted by Gasteiger charge is -2.16. The molecule has 0 aliphatic carbocycles. The number of nitrogens with two attached hydrogens (primary N) is 1. The maximum Gasteiger partial charge on any atom is 0.0735 e. The Hall–Kier alpha value is -1.75. The van der Waals surface area contributed by atoms with Gasteiger partial charge < -0.3 is 0 Å². The number of fused-ring (bicyclic) bond motifs is 1. The zero-order chi connectivity index (χ0) is 13.2. The van der Waals surface area contributed by atoms with Gasteiger partial charge >= 0.3 is 0 Å². The summed E-state index contributed by atoms with van der Waals surface area (Å²) in [4.78, 5) is 4.50. The fourth-order valence-corrected chi connectivity index (χ4v) is 3.15. The predicted octanol–water partition coefficient (Wildman–Crippen LogP) is 3.16. The Morgan fingerprint density at radius 3 is 2.84 bits per heavy atom. The van der Waals surface area contributed by atoms with E-state index in [4.69, 9.17) is 5.84 Å². The van der Waals surface area contributed by atoms with Gasteiger partial charge in [-0.25, -0.2) is 5.43 Å². The standard InChI is InChI=1S/C15H15N3S/c1-10-8-19-9-13(10)15(18-16)12-6-11-4-2-3-5-14(11)17-7-12/h2-9,15,18H,16H2,1H3. The summed E-state index contributed by atoms with van der Waals surface area (Å²) in [6, 6.07) is 10.2. The number of thiophene rings is 1. The summed E-state index contributed by atoms with van der Waals surface area (Å²) < 4.78 is 0. The van der Waals surface area contributed by atoms with Crippen LogP contribution in [0.1, 0.15) is 22.7 Å². The molecule has 96 valence electrons. The molecule has 3 aromatic rings. The highest BCUT2D eigenvalue weighted by atomic mass is 32.1. The van der Waals surface area contributed by atoms with E-state index in [-0.39, 0.29) is 6.04 Å². The van der Waals surface area contributed by atoms with E-state index in [2.05, 4.69) is 40.2 Å². The Morgan fingerprint density at radius 1 is 1.26 bits per heavy atom. The van der Waals surface area contributed by atoms with Crippen LogP contribution in [-0.4, -0.2) is 4.98 Å². The van der Waals surface area contributed by atoms with Crippen LogP contribution in [0.4, 0.5) is 0 Å². The quantitative estimate of drug-likeness (QED) is 0.567. The number of nitrogens with zero attached hydrogens (tertiary/aromatic N) is 1. The number of hydrogen-bond acceptors (Lipinski definition) is 4. The fraction of sp³-hybridized carbons (Fsp3) is 0.133. The highest BCUT2D eigenvalue weighted by Gasteiger charge is 2.16. The average Bonchev–Trinajstić information content (AvgIpc) is 2.86. The molecule has 2 aromatic heterocycles. The van der Waals surface area contributed by atoms with E-state index >= 15 is 0 Å². The zero-order valence-electron chi connectivity index (χ0n) is 10.6. The third-order valence-electron chi connectivity index (χ3n) is 3.32. The topological polar surface area (TPSA) is 50.9 Å². The second-order valence-corrected chi connectivity index (χ2v) is 5.31. The first-order valence-corrected chi connectivity index (χ1v) is 7.07. The van der Waals surface area contributed by atoms with Crippen molar-refractivity contribution in [1.82, 2.24) is 10.4 Å². The molecule has 0 spiro atoms. The van der Waals surface area contributed by atoms with Crippen LogP contribution in [0.2, 0.25) is 0 Å². The van der Waals surface area contributed by atoms with Gasteiger partial charge in [0.15, 0.2) is 0 Å². The lowest BCUT2D eigenvalue weighted by Crippen LogP contribution is -2.29. The van der Waals surface area contributed by atoms with Gasteiger partial charge in [0.2, 0.25) is 0 Å². The number of aromatic nitrogens is 1. The second kappa shape index (κ2) is 5.09. The van der Waals surface area contributed by atoms with Gasteiger partial charge in [-0.3, -0.25) is 10.8 Å². The first kappa shape index (κ1) is 12.3. The SMILES string of the molecule is Cc1cscc1C(NN)c1cnc2ccccc2c1. The summed E-state index contributed by atoms with van der Waals surface area (Å²) in [6.45, 7) is 2.10. The molecule has 4 heteroatoms. The van der Waals surface area contributed by atoms with E-state index in [1.807, 2.05) is 24.4 Å². The molecule has 0 bridgehead atoms. The average molecular weight is 269 g/mol. The van der Waals surface area contributed by atoms with Crippen molar-refractivity contribution in [2.75, 3.05) is 0 Å². The normalized spacial score (nSPS) is 12.7. The minimum Gasteiger partial charge on any atom is -0.271 e. The van der Waals surface area contributed by atoms with Gasteiger partial charge in [-0.2, -0.15) is 11.3 Å². The third-order valence-corrected chi connectivity index (χ3v) is 4.20. The van der Waals surface area contributed by atoms with E-state index in [1.54, 1.807) is 11.3 Å². The van der Waals surface area contributed by atoms with Gasteiger partial charge in [0.25, 0.3) is 0 Å². The number of para-hydroxylation sites is 1. The van der Waals surface area contributed by atoms with Crippen molar-refractivity contribution >= 4 is 22.2 Å². The highest BCUT2D eigenvalue weighted by molar-refractivity contribution is 7.08. The van der Waals surface area contributed by atoms with Crippen LogP contribution >= 0.6 is 11.3 Å². The van der Waals surface area contributed by atoms with Crippen molar-refractivity contribution in [2.24, 2.45) is 5.84 Å². The van der Waals surface area contributed by atoms with E-state index in [0.717, 1.165) is 16.5 Å². The molecule has 3 rings (SSSR count). The minimum atomic E-state index is -0.0108. The first-order chi connectivity index (χ1) is 9.29. The maximum absolute atomic E-state index is 5.74. The molecule has 19 heavy (non-hydrogen) atoms. The Labute approximate surface area is 116 Å². The molecule has 3 nitrogen and oxygen atoms in total. The zero-order valence-corrected chi connectivity index (χ0v) is 11.4. The molecule has 2 heterocycles. The van der Waals surface area contributed by atoms with Gasteiger partial charge in [0.05, 0.1) is 11.6 Å². The van der Waals surface area contributed by atoms with Crippen molar-refractivity contribution in [1.29, 1.82) is 0 Å². The van der Waals surface area contributed by atoms with Gasteiger partial charge in [0.1, 0.15) is 0 Å². The molecule has 0 amide bonds. The largest absolute Gasteiger partial charge is 0.271 e. The van der Waals surface area contributed by atoms with Crippen LogP contribution in [-0.2, 0) is 0 Å². The monoisotopic (exact) mass is 269 g/mol. The van der Waals surface area contributed by atoms with Crippen LogP contribution in [0.5, 0.6) is 0 Å². The van der Waals surface area contributed by atoms with Gasteiger partial charge in [-0.1, -0.05) is 18.2 Å². The van der Waals surface area contributed by atoms with E-state index in [9.17, 15) is 0 Å². The number of aryl methyl sites for hydroxylation is 1. The van der Waals surface area contributed by atoms with Crippen molar-refractivity contribution in [3.63, 3.8) is 0 Å². The summed E-state index contributed by atoms with van der Waals surface area (Å²) >= 11 is 1.69. The molecular formula is C15H15N3S. The van der Waals surface area contributed by atoms with E-state index < -0.39 is 0 Å². The molecular weight excluding hydrogens is 254 g/mol. The molecule has 0 aliphatic rings. The van der Waals surface area contributed by atoms with Crippen LogP contribution < -0.4 is 11.3 Å². The molecule has 0 aliphatic heterocycles. The smallest absolute Gasteiger partial charge is 0.0735 e. The molecule has 0 radical (unpaired) electrons. The van der Waals surface area contributed by atoms with Gasteiger partial charge in [0, 0.05) is 11.6 Å². The molecule has 1 unspecified atom stereocenters. The first-order valence-electron chi connectivity index (χ1n) is 6.13. The summed E-state index contributed by atoms with van der Waals surface area (Å²) in [6.07, 6.45) is 1.89. The molecule has 1 aromatic carbocycles. The Kier molecular flexibility index (Phi) is 3.29. The predicted molar refractivity (Wildman–Crippen MR) is 80.0 cm³/mol. The number of hydrogen-bond donors (Lipinski definition) is 2. The number of rotatable bonds is 3. The van der Waals surface area contributed by atoms with E-state index in [0.29, 0.717) is 0 Å². The summed E-state index contributed by atoms with van der Waals surface area (Å²) in [5, 5.41) is 5.40. The minimum absolute atomic E-state index is 0.0108. The Balaban J connectivity index is 2.09. The number of hydrazine groups is 1. The van der Waals surface area contributed by atoms with E-state index in [1.165, 1.54) is 11.1 Å². The molecule has 0 saturated heterocycles. The second-order valence-electron chi connectivity index (χ2n) is 4.57. The molecule has 3 N–H and O–H groups in total. The van der Waals surface area contributed by atoms with Crippen LogP contribution in [0.25, 0.3) is 10.9 Å². The summed E-state index contributed by atoms with van der Waals surface area (Å²) in [5.74, 6) is 5.74. The summed E-state index contributed by atoms with van der Waals surface area (Å²) in [7, 11) is 0. The Bertz CT molecular complexity index is 705. The molecule has 0 saturated carbocycles. The molecule has 1 atom stereocenters. The lowest BCUT2D eigenvalue weighted by atomic mass is 9.99. The number of pyridine rings is 1. The third kappa shape index (κ3) is 2.26. The van der Waals surface area contributed by atoms with Crippen LogP contribution in [0.15, 0.2) is 47.3 Å². The molecule has 0 fully saturated rings. The Morgan fingerprint density at radius 2 is 2.11 bits per heavy atom.